The number of aliphatic imine (C=N–C) groups is 1. The summed E-state index contributed by atoms with van der Waals surface area (Å²) in [6.07, 6.45) is 0.639. The molecule has 0 saturated carbocycles. The molecule has 13 heteroatoms. The van der Waals surface area contributed by atoms with Crippen molar-refractivity contribution in [2.45, 2.75) is 18.6 Å². The van der Waals surface area contributed by atoms with Crippen molar-refractivity contribution in [2.24, 2.45) is 10.9 Å². The molecule has 5 rings (SSSR count). The molecule has 3 aliphatic heterocycles. The van der Waals surface area contributed by atoms with E-state index in [4.69, 9.17) is 11.6 Å². The van der Waals surface area contributed by atoms with E-state index in [0.29, 0.717) is 26.2 Å². The first-order valence-corrected chi connectivity index (χ1v) is 13.1. The van der Waals surface area contributed by atoms with E-state index in [2.05, 4.69) is 10.3 Å². The quantitative estimate of drug-likeness (QED) is 0.553. The fourth-order valence-corrected chi connectivity index (χ4v) is 5.60. The van der Waals surface area contributed by atoms with Crippen LogP contribution in [0.5, 0.6) is 0 Å². The smallest absolute Gasteiger partial charge is 0.368 e. The van der Waals surface area contributed by atoms with Gasteiger partial charge in [-0.05, 0) is 31.7 Å². The Bertz CT molecular complexity index is 1380. The number of benzene rings is 1. The SMILES string of the molecule is CN1CCN(C(=O)c2cc(Cl)cc(C(F)(F)F)c2N2CC[C@@H](NC(=O)C3=CC(=O)N=C4C(F)=CC=CC34)C2)CC1. The molecule has 0 aromatic heterocycles. The largest absolute Gasteiger partial charge is 0.418 e. The minimum atomic E-state index is -4.79. The van der Waals surface area contributed by atoms with Crippen LogP contribution < -0.4 is 10.2 Å². The van der Waals surface area contributed by atoms with E-state index < -0.39 is 47.2 Å². The summed E-state index contributed by atoms with van der Waals surface area (Å²) in [5.41, 5.74) is -1.60. The van der Waals surface area contributed by atoms with E-state index >= 15 is 0 Å². The van der Waals surface area contributed by atoms with Crippen LogP contribution in [0.4, 0.5) is 23.2 Å². The summed E-state index contributed by atoms with van der Waals surface area (Å²) in [4.78, 5) is 47.3. The number of piperazine rings is 1. The summed E-state index contributed by atoms with van der Waals surface area (Å²) in [6, 6.07) is 1.47. The number of dihydropyridines is 1. The topological polar surface area (TPSA) is 85.3 Å². The maximum absolute atomic E-state index is 14.2. The Morgan fingerprint density at radius 1 is 1.12 bits per heavy atom. The standard InChI is InChI=1S/C27H26ClF4N5O3/c1-35-7-9-36(10-8-35)26(40)19-11-15(28)12-20(27(30,31)32)24(19)37-6-5-16(14-37)33-25(39)18-13-22(38)34-23-17(18)3-2-4-21(23)29/h2-4,11-13,16-17H,5-10,14H2,1H3,(H,33,39)/t16-,17?/m1/s1. The number of hydrogen-bond donors (Lipinski definition) is 1. The average Bonchev–Trinajstić information content (AvgIpc) is 3.35. The van der Waals surface area contributed by atoms with Crippen LogP contribution in [0.25, 0.3) is 0 Å². The lowest BCUT2D eigenvalue weighted by molar-refractivity contribution is -0.137. The molecule has 1 aliphatic carbocycles. The van der Waals surface area contributed by atoms with Crippen molar-refractivity contribution >= 4 is 40.7 Å². The molecule has 3 amide bonds. The number of allylic oxidation sites excluding steroid dienone is 4. The molecule has 3 heterocycles. The number of amides is 3. The number of hydrogen-bond acceptors (Lipinski definition) is 5. The highest BCUT2D eigenvalue weighted by Crippen LogP contribution is 2.42. The van der Waals surface area contributed by atoms with Crippen LogP contribution in [0, 0.1) is 5.92 Å². The number of rotatable bonds is 4. The number of halogens is 5. The van der Waals surface area contributed by atoms with Gasteiger partial charge in [0, 0.05) is 62.0 Å². The molecule has 0 spiro atoms. The Labute approximate surface area is 232 Å². The normalized spacial score (nSPS) is 23.4. The fourth-order valence-electron chi connectivity index (χ4n) is 5.38. The lowest BCUT2D eigenvalue weighted by atomic mass is 9.87. The third kappa shape index (κ3) is 5.55. The van der Waals surface area contributed by atoms with Gasteiger partial charge in [0.1, 0.15) is 5.83 Å². The molecular weight excluding hydrogens is 554 g/mol. The Kier molecular flexibility index (Phi) is 7.58. The zero-order valence-corrected chi connectivity index (χ0v) is 22.2. The van der Waals surface area contributed by atoms with Gasteiger partial charge in [-0.3, -0.25) is 14.4 Å². The number of anilines is 1. The van der Waals surface area contributed by atoms with Gasteiger partial charge < -0.3 is 20.0 Å². The molecule has 1 aromatic rings. The zero-order valence-electron chi connectivity index (χ0n) is 21.5. The van der Waals surface area contributed by atoms with Crippen LogP contribution in [-0.4, -0.2) is 85.6 Å². The van der Waals surface area contributed by atoms with Crippen molar-refractivity contribution in [1.29, 1.82) is 0 Å². The fraction of sp³-hybridized carbons (Fsp3) is 0.407. The molecule has 1 aromatic carbocycles. The van der Waals surface area contributed by atoms with Gasteiger partial charge in [-0.2, -0.15) is 13.2 Å². The first kappa shape index (κ1) is 28.0. The van der Waals surface area contributed by atoms with Gasteiger partial charge in [0.2, 0.25) is 5.91 Å². The van der Waals surface area contributed by atoms with E-state index in [-0.39, 0.29) is 47.1 Å². The van der Waals surface area contributed by atoms with Gasteiger partial charge in [0.25, 0.3) is 11.8 Å². The van der Waals surface area contributed by atoms with Crippen LogP contribution in [0.15, 0.2) is 52.8 Å². The molecule has 1 N–H and O–H groups in total. The third-order valence-electron chi connectivity index (χ3n) is 7.43. The number of fused-ring (bicyclic) bond motifs is 1. The molecule has 8 nitrogen and oxygen atoms in total. The molecule has 2 saturated heterocycles. The number of likely N-dealkylation sites (N-methyl/N-ethyl adjacent to an activating group) is 1. The number of nitrogens with one attached hydrogen (secondary N) is 1. The van der Waals surface area contributed by atoms with E-state index in [1.807, 2.05) is 11.9 Å². The molecule has 0 radical (unpaired) electrons. The Morgan fingerprint density at radius 3 is 2.55 bits per heavy atom. The maximum Gasteiger partial charge on any atom is 0.418 e. The summed E-state index contributed by atoms with van der Waals surface area (Å²) in [5.74, 6) is -3.52. The predicted octanol–water partition coefficient (Wildman–Crippen LogP) is 3.39. The second kappa shape index (κ2) is 10.8. The van der Waals surface area contributed by atoms with E-state index in [1.165, 1.54) is 21.9 Å². The first-order chi connectivity index (χ1) is 18.9. The Hall–Kier alpha value is -3.51. The summed E-state index contributed by atoms with van der Waals surface area (Å²) >= 11 is 6.07. The van der Waals surface area contributed by atoms with Crippen molar-refractivity contribution in [3.05, 3.63) is 64.0 Å². The highest BCUT2D eigenvalue weighted by Gasteiger charge is 2.41. The summed E-state index contributed by atoms with van der Waals surface area (Å²) < 4.78 is 56.9. The number of nitrogens with zero attached hydrogens (tertiary/aromatic N) is 4. The molecule has 2 atom stereocenters. The lowest BCUT2D eigenvalue weighted by Crippen LogP contribution is -2.47. The molecule has 40 heavy (non-hydrogen) atoms. The van der Waals surface area contributed by atoms with Gasteiger partial charge in [-0.25, -0.2) is 9.38 Å². The van der Waals surface area contributed by atoms with Gasteiger partial charge >= 0.3 is 6.18 Å². The molecule has 2 fully saturated rings. The van der Waals surface area contributed by atoms with Crippen molar-refractivity contribution in [3.63, 3.8) is 0 Å². The van der Waals surface area contributed by atoms with Crippen molar-refractivity contribution in [1.82, 2.24) is 15.1 Å². The monoisotopic (exact) mass is 579 g/mol. The highest BCUT2D eigenvalue weighted by molar-refractivity contribution is 6.31. The molecular formula is C27H26ClF4N5O3. The number of alkyl halides is 3. The number of carbonyl (C=O) groups excluding carboxylic acids is 3. The lowest BCUT2D eigenvalue weighted by Gasteiger charge is -2.34. The van der Waals surface area contributed by atoms with Crippen molar-refractivity contribution in [3.8, 4) is 0 Å². The van der Waals surface area contributed by atoms with Crippen LogP contribution in [0.3, 0.4) is 0 Å². The van der Waals surface area contributed by atoms with Gasteiger partial charge in [-0.15, -0.1) is 0 Å². The Morgan fingerprint density at radius 2 is 1.85 bits per heavy atom. The first-order valence-electron chi connectivity index (χ1n) is 12.7. The minimum Gasteiger partial charge on any atom is -0.368 e. The second-order valence-electron chi connectivity index (χ2n) is 10.2. The van der Waals surface area contributed by atoms with Crippen molar-refractivity contribution < 1.29 is 31.9 Å². The summed E-state index contributed by atoms with van der Waals surface area (Å²) in [7, 11) is 1.90. The Balaban J connectivity index is 1.39. The molecule has 212 valence electrons. The van der Waals surface area contributed by atoms with Gasteiger partial charge in [0.05, 0.1) is 28.4 Å². The van der Waals surface area contributed by atoms with E-state index in [0.717, 1.165) is 18.2 Å². The minimum absolute atomic E-state index is 0.00126. The van der Waals surface area contributed by atoms with Crippen LogP contribution in [0.2, 0.25) is 5.02 Å². The van der Waals surface area contributed by atoms with Crippen molar-refractivity contribution in [2.75, 3.05) is 51.2 Å². The van der Waals surface area contributed by atoms with Gasteiger partial charge in [-0.1, -0.05) is 23.8 Å². The predicted molar refractivity (Wildman–Crippen MR) is 141 cm³/mol. The van der Waals surface area contributed by atoms with Crippen LogP contribution in [-0.2, 0) is 15.8 Å². The van der Waals surface area contributed by atoms with Crippen LogP contribution >= 0.6 is 11.6 Å². The average molecular weight is 580 g/mol. The molecule has 4 aliphatic rings. The number of carbonyl (C=O) groups is 3. The summed E-state index contributed by atoms with van der Waals surface area (Å²) in [5, 5.41) is 2.56. The van der Waals surface area contributed by atoms with E-state index in [1.54, 1.807) is 6.08 Å². The molecule has 1 unspecified atom stereocenters. The van der Waals surface area contributed by atoms with Gasteiger partial charge in [0.15, 0.2) is 0 Å². The maximum atomic E-state index is 14.2. The third-order valence-corrected chi connectivity index (χ3v) is 7.65. The summed E-state index contributed by atoms with van der Waals surface area (Å²) in [6.45, 7) is 2.02. The second-order valence-corrected chi connectivity index (χ2v) is 10.6. The highest BCUT2D eigenvalue weighted by atomic mass is 35.5. The van der Waals surface area contributed by atoms with Crippen LogP contribution in [0.1, 0.15) is 22.3 Å². The van der Waals surface area contributed by atoms with E-state index in [9.17, 15) is 31.9 Å². The zero-order chi connectivity index (χ0) is 28.8. The molecule has 0 bridgehead atoms.